The molecule has 0 spiro atoms. The lowest BCUT2D eigenvalue weighted by molar-refractivity contribution is 0.643. The summed E-state index contributed by atoms with van der Waals surface area (Å²) >= 11 is 0. The van der Waals surface area contributed by atoms with Gasteiger partial charge >= 0.3 is 5.69 Å². The van der Waals surface area contributed by atoms with Crippen LogP contribution < -0.4 is 22.3 Å². The molecule has 0 amide bonds. The fourth-order valence-electron chi connectivity index (χ4n) is 1.78. The molecule has 2 heterocycles. The van der Waals surface area contributed by atoms with E-state index in [0.717, 1.165) is 6.42 Å². The largest absolute Gasteiger partial charge is 0.383 e. The second kappa shape index (κ2) is 5.01. The van der Waals surface area contributed by atoms with Crippen LogP contribution >= 0.6 is 0 Å². The highest BCUT2D eigenvalue weighted by atomic mass is 16.2. The van der Waals surface area contributed by atoms with Crippen LogP contribution in [0, 0.1) is 0 Å². The molecule has 19 heavy (non-hydrogen) atoms. The van der Waals surface area contributed by atoms with Crippen LogP contribution in [0.3, 0.4) is 0 Å². The van der Waals surface area contributed by atoms with Crippen LogP contribution in [0.4, 0.5) is 17.2 Å². The van der Waals surface area contributed by atoms with E-state index in [9.17, 15) is 9.59 Å². The predicted molar refractivity (Wildman–Crippen MR) is 72.5 cm³/mol. The van der Waals surface area contributed by atoms with E-state index in [2.05, 4.69) is 15.4 Å². The number of nitrogen functional groups attached to an aromatic ring is 1. The van der Waals surface area contributed by atoms with Gasteiger partial charge in [0.1, 0.15) is 11.5 Å². The Morgan fingerprint density at radius 3 is 2.79 bits per heavy atom. The van der Waals surface area contributed by atoms with Crippen molar-refractivity contribution < 1.29 is 0 Å². The summed E-state index contributed by atoms with van der Waals surface area (Å²) < 4.78 is 2.93. The molecule has 0 aliphatic rings. The van der Waals surface area contributed by atoms with Crippen LogP contribution in [0.25, 0.3) is 0 Å². The molecule has 0 aromatic carbocycles. The highest BCUT2D eigenvalue weighted by molar-refractivity contribution is 5.68. The van der Waals surface area contributed by atoms with Gasteiger partial charge in [-0.2, -0.15) is 5.10 Å². The second-order valence-corrected chi connectivity index (χ2v) is 4.20. The number of H-pyrrole nitrogens is 1. The number of nitrogens with zero attached hydrogens (tertiary/aromatic N) is 3. The lowest BCUT2D eigenvalue weighted by Crippen LogP contribution is -2.33. The molecule has 8 nitrogen and oxygen atoms in total. The first-order valence-corrected chi connectivity index (χ1v) is 5.91. The van der Waals surface area contributed by atoms with Crippen molar-refractivity contribution in [2.75, 3.05) is 11.1 Å². The zero-order chi connectivity index (χ0) is 14.0. The molecule has 0 saturated heterocycles. The third-order valence-corrected chi connectivity index (χ3v) is 2.66. The van der Waals surface area contributed by atoms with Crippen LogP contribution in [0.5, 0.6) is 0 Å². The van der Waals surface area contributed by atoms with Gasteiger partial charge in [-0.05, 0) is 6.42 Å². The number of aromatic nitrogens is 4. The molecule has 2 aromatic heterocycles. The van der Waals surface area contributed by atoms with E-state index >= 15 is 0 Å². The minimum Gasteiger partial charge on any atom is -0.383 e. The molecule has 2 rings (SSSR count). The Morgan fingerprint density at radius 2 is 2.21 bits per heavy atom. The van der Waals surface area contributed by atoms with Crippen molar-refractivity contribution in [3.05, 3.63) is 33.2 Å². The lowest BCUT2D eigenvalue weighted by atomic mass is 10.4. The van der Waals surface area contributed by atoms with Crippen LogP contribution in [0.1, 0.15) is 13.3 Å². The molecular weight excluding hydrogens is 248 g/mol. The van der Waals surface area contributed by atoms with E-state index in [1.807, 2.05) is 6.92 Å². The van der Waals surface area contributed by atoms with E-state index in [-0.39, 0.29) is 11.5 Å². The number of hydrogen-bond acceptors (Lipinski definition) is 5. The van der Waals surface area contributed by atoms with Gasteiger partial charge < -0.3 is 11.1 Å². The Kier molecular flexibility index (Phi) is 3.41. The predicted octanol–water partition coefficient (Wildman–Crippen LogP) is 0.00590. The second-order valence-electron chi connectivity index (χ2n) is 4.20. The highest BCUT2D eigenvalue weighted by Gasteiger charge is 2.12. The number of nitrogens with two attached hydrogens (primary N) is 1. The Morgan fingerprint density at radius 1 is 1.47 bits per heavy atom. The number of rotatable bonds is 4. The van der Waals surface area contributed by atoms with Crippen molar-refractivity contribution in [2.45, 2.75) is 19.9 Å². The number of aromatic amines is 1. The van der Waals surface area contributed by atoms with Crippen LogP contribution in [0.15, 0.2) is 22.0 Å². The maximum atomic E-state index is 11.8. The molecule has 0 bridgehead atoms. The van der Waals surface area contributed by atoms with Crippen molar-refractivity contribution in [3.63, 3.8) is 0 Å². The lowest BCUT2D eigenvalue weighted by Gasteiger charge is -2.12. The monoisotopic (exact) mass is 264 g/mol. The molecule has 2 aromatic rings. The maximum absolute atomic E-state index is 11.8. The quantitative estimate of drug-likeness (QED) is 0.720. The summed E-state index contributed by atoms with van der Waals surface area (Å²) in [6, 6.07) is 0. The molecule has 102 valence electrons. The van der Waals surface area contributed by atoms with Crippen LogP contribution in [0.2, 0.25) is 0 Å². The van der Waals surface area contributed by atoms with Crippen molar-refractivity contribution >= 4 is 17.2 Å². The molecule has 0 fully saturated rings. The van der Waals surface area contributed by atoms with Gasteiger partial charge in [-0.1, -0.05) is 6.92 Å². The molecule has 0 aliphatic carbocycles. The van der Waals surface area contributed by atoms with Gasteiger partial charge in [0.2, 0.25) is 0 Å². The molecule has 0 saturated carbocycles. The molecular formula is C11H16N6O2. The maximum Gasteiger partial charge on any atom is 0.330 e. The van der Waals surface area contributed by atoms with Gasteiger partial charge in [-0.3, -0.25) is 19.0 Å². The van der Waals surface area contributed by atoms with Crippen LogP contribution in [-0.2, 0) is 13.6 Å². The minimum atomic E-state index is -0.543. The summed E-state index contributed by atoms with van der Waals surface area (Å²) in [5, 5.41) is 6.86. The smallest absolute Gasteiger partial charge is 0.330 e. The van der Waals surface area contributed by atoms with E-state index in [0.29, 0.717) is 12.2 Å². The number of aryl methyl sites for hydroxylation is 1. The van der Waals surface area contributed by atoms with Crippen molar-refractivity contribution in [3.8, 4) is 0 Å². The molecule has 8 heteroatoms. The minimum absolute atomic E-state index is 0.124. The third kappa shape index (κ3) is 2.51. The summed E-state index contributed by atoms with van der Waals surface area (Å²) in [5.41, 5.74) is 5.62. The first-order chi connectivity index (χ1) is 9.02. The Labute approximate surface area is 108 Å². The average Bonchev–Trinajstić information content (AvgIpc) is 2.76. The zero-order valence-electron chi connectivity index (χ0n) is 10.8. The number of anilines is 3. The molecule has 0 radical (unpaired) electrons. The first kappa shape index (κ1) is 12.9. The molecule has 0 unspecified atom stereocenters. The first-order valence-electron chi connectivity index (χ1n) is 5.91. The summed E-state index contributed by atoms with van der Waals surface area (Å²) in [6.07, 6.45) is 4.00. The summed E-state index contributed by atoms with van der Waals surface area (Å²) in [7, 11) is 1.76. The molecule has 4 N–H and O–H groups in total. The van der Waals surface area contributed by atoms with Crippen LogP contribution in [-0.4, -0.2) is 19.3 Å². The zero-order valence-corrected chi connectivity index (χ0v) is 10.8. The van der Waals surface area contributed by atoms with Gasteiger partial charge in [0.05, 0.1) is 11.9 Å². The standard InChI is InChI=1S/C11H16N6O2/c1-3-4-17-9(12)8(10(18)15-11(17)19)14-7-5-13-16(2)6-7/h5-6,14H,3-4,12H2,1-2H3,(H,15,18,19). The van der Waals surface area contributed by atoms with Gasteiger partial charge in [0.25, 0.3) is 5.56 Å². The van der Waals surface area contributed by atoms with Gasteiger partial charge in [0.15, 0.2) is 0 Å². The van der Waals surface area contributed by atoms with E-state index in [4.69, 9.17) is 5.73 Å². The fraction of sp³-hybridized carbons (Fsp3) is 0.364. The number of hydrogen-bond donors (Lipinski definition) is 3. The topological polar surface area (TPSA) is 111 Å². The Balaban J connectivity index is 2.48. The average molecular weight is 264 g/mol. The number of nitrogens with one attached hydrogen (secondary N) is 2. The summed E-state index contributed by atoms with van der Waals surface area (Å²) in [4.78, 5) is 25.7. The Bertz CT molecular complexity index is 696. The van der Waals surface area contributed by atoms with Crippen molar-refractivity contribution in [1.29, 1.82) is 0 Å². The molecule has 0 atom stereocenters. The normalized spacial score (nSPS) is 10.6. The fourth-order valence-corrected chi connectivity index (χ4v) is 1.78. The van der Waals surface area contributed by atoms with Gasteiger partial charge in [-0.25, -0.2) is 4.79 Å². The SMILES string of the molecule is CCCn1c(N)c(Nc2cnn(C)c2)c(=O)[nH]c1=O. The van der Waals surface area contributed by atoms with Gasteiger partial charge in [0, 0.05) is 19.8 Å². The Hall–Kier alpha value is -2.51. The van der Waals surface area contributed by atoms with Gasteiger partial charge in [-0.15, -0.1) is 0 Å². The third-order valence-electron chi connectivity index (χ3n) is 2.66. The van der Waals surface area contributed by atoms with E-state index in [1.165, 1.54) is 4.57 Å². The van der Waals surface area contributed by atoms with Crippen molar-refractivity contribution in [1.82, 2.24) is 19.3 Å². The summed E-state index contributed by atoms with van der Waals surface area (Å²) in [5.74, 6) is 0.124. The highest BCUT2D eigenvalue weighted by Crippen LogP contribution is 2.16. The molecule has 0 aliphatic heterocycles. The van der Waals surface area contributed by atoms with Crippen molar-refractivity contribution in [2.24, 2.45) is 7.05 Å². The summed E-state index contributed by atoms with van der Waals surface area (Å²) in [6.45, 7) is 2.37. The van der Waals surface area contributed by atoms with E-state index in [1.54, 1.807) is 24.1 Å². The van der Waals surface area contributed by atoms with E-state index < -0.39 is 11.2 Å².